The molecule has 1 amide bonds. The largest absolute Gasteiger partial charge is 0.381 e. The summed E-state index contributed by atoms with van der Waals surface area (Å²) < 4.78 is 5.26. The van der Waals surface area contributed by atoms with Crippen LogP contribution in [-0.2, 0) is 9.53 Å². The first kappa shape index (κ1) is 12.4. The fourth-order valence-corrected chi connectivity index (χ4v) is 2.69. The second kappa shape index (κ2) is 4.66. The average molecular weight is 236 g/mol. The summed E-state index contributed by atoms with van der Waals surface area (Å²) in [5.41, 5.74) is -0.817. The average Bonchev–Trinajstić information content (AvgIpc) is 2.69. The van der Waals surface area contributed by atoms with Crippen molar-refractivity contribution in [1.29, 1.82) is 5.26 Å². The molecule has 2 aliphatic rings. The van der Waals surface area contributed by atoms with Crippen molar-refractivity contribution >= 4 is 5.91 Å². The molecule has 0 aromatic carbocycles. The van der Waals surface area contributed by atoms with Gasteiger partial charge in [0.1, 0.15) is 5.41 Å². The topological polar surface area (TPSA) is 53.3 Å². The Labute approximate surface area is 103 Å². The molecule has 0 spiro atoms. The number of ether oxygens (including phenoxy) is 1. The summed E-state index contributed by atoms with van der Waals surface area (Å²) in [5, 5.41) is 9.35. The molecule has 2 fully saturated rings. The predicted molar refractivity (Wildman–Crippen MR) is 63.0 cm³/mol. The molecule has 2 heterocycles. The van der Waals surface area contributed by atoms with Gasteiger partial charge in [-0.2, -0.15) is 5.26 Å². The van der Waals surface area contributed by atoms with Gasteiger partial charge >= 0.3 is 0 Å². The highest BCUT2D eigenvalue weighted by Gasteiger charge is 2.45. The molecule has 94 valence electrons. The summed E-state index contributed by atoms with van der Waals surface area (Å²) in [6.45, 7) is 6.98. The first-order valence-electron chi connectivity index (χ1n) is 6.37. The lowest BCUT2D eigenvalue weighted by Crippen LogP contribution is -2.45. The van der Waals surface area contributed by atoms with E-state index in [-0.39, 0.29) is 5.91 Å². The summed E-state index contributed by atoms with van der Waals surface area (Å²) in [6, 6.07) is 2.25. The quantitative estimate of drug-likeness (QED) is 0.692. The van der Waals surface area contributed by atoms with Gasteiger partial charge in [0.2, 0.25) is 5.91 Å². The molecule has 0 aromatic rings. The molecule has 0 bridgehead atoms. The summed E-state index contributed by atoms with van der Waals surface area (Å²) in [7, 11) is 0. The molecule has 0 saturated carbocycles. The molecule has 2 aliphatic heterocycles. The highest BCUT2D eigenvalue weighted by Crippen LogP contribution is 2.34. The van der Waals surface area contributed by atoms with Gasteiger partial charge in [0, 0.05) is 26.3 Å². The zero-order valence-electron chi connectivity index (χ0n) is 10.6. The predicted octanol–water partition coefficient (Wildman–Crippen LogP) is 1.42. The summed E-state index contributed by atoms with van der Waals surface area (Å²) in [5.74, 6) is 1.10. The number of amides is 1. The van der Waals surface area contributed by atoms with Gasteiger partial charge in [-0.25, -0.2) is 0 Å². The highest BCUT2D eigenvalue weighted by molar-refractivity contribution is 5.85. The van der Waals surface area contributed by atoms with Crippen LogP contribution in [0, 0.1) is 28.6 Å². The van der Waals surface area contributed by atoms with Crippen LogP contribution in [-0.4, -0.2) is 37.1 Å². The van der Waals surface area contributed by atoms with E-state index in [0.29, 0.717) is 37.9 Å². The van der Waals surface area contributed by atoms with E-state index >= 15 is 0 Å². The van der Waals surface area contributed by atoms with Crippen LogP contribution in [0.3, 0.4) is 0 Å². The Morgan fingerprint density at radius 3 is 2.29 bits per heavy atom. The number of nitriles is 1. The van der Waals surface area contributed by atoms with Crippen molar-refractivity contribution in [2.24, 2.45) is 17.3 Å². The van der Waals surface area contributed by atoms with Crippen LogP contribution < -0.4 is 0 Å². The van der Waals surface area contributed by atoms with E-state index in [1.807, 2.05) is 4.90 Å². The minimum absolute atomic E-state index is 0.0273. The van der Waals surface area contributed by atoms with E-state index in [1.54, 1.807) is 0 Å². The van der Waals surface area contributed by atoms with Crippen molar-refractivity contribution in [3.05, 3.63) is 0 Å². The molecule has 2 unspecified atom stereocenters. The normalized spacial score (nSPS) is 32.2. The van der Waals surface area contributed by atoms with Gasteiger partial charge in [0.05, 0.1) is 6.07 Å². The maximum atomic E-state index is 12.5. The summed E-state index contributed by atoms with van der Waals surface area (Å²) >= 11 is 0. The van der Waals surface area contributed by atoms with Gasteiger partial charge in [0.25, 0.3) is 0 Å². The molecule has 2 rings (SSSR count). The summed E-state index contributed by atoms with van der Waals surface area (Å²) in [6.07, 6.45) is 1.09. The SMILES string of the molecule is CC1CN(C(=O)C2(C#N)CCOCC2)CC1C. The monoisotopic (exact) mass is 236 g/mol. The van der Waals surface area contributed by atoms with Gasteiger partial charge in [-0.15, -0.1) is 0 Å². The number of rotatable bonds is 1. The van der Waals surface area contributed by atoms with Crippen molar-refractivity contribution < 1.29 is 9.53 Å². The second-order valence-electron chi connectivity index (χ2n) is 5.47. The zero-order chi connectivity index (χ0) is 12.5. The summed E-state index contributed by atoms with van der Waals surface area (Å²) in [4.78, 5) is 14.4. The number of hydrogen-bond acceptors (Lipinski definition) is 3. The van der Waals surface area contributed by atoms with Crippen LogP contribution in [0.1, 0.15) is 26.7 Å². The van der Waals surface area contributed by atoms with Gasteiger partial charge in [-0.05, 0) is 24.7 Å². The van der Waals surface area contributed by atoms with E-state index in [2.05, 4.69) is 19.9 Å². The Balaban J connectivity index is 2.11. The van der Waals surface area contributed by atoms with Crippen LogP contribution in [0.5, 0.6) is 0 Å². The van der Waals surface area contributed by atoms with Crippen LogP contribution in [0.2, 0.25) is 0 Å². The third-order valence-corrected chi connectivity index (χ3v) is 4.25. The number of hydrogen-bond donors (Lipinski definition) is 0. The van der Waals surface area contributed by atoms with Crippen molar-refractivity contribution in [2.45, 2.75) is 26.7 Å². The van der Waals surface area contributed by atoms with E-state index < -0.39 is 5.41 Å². The van der Waals surface area contributed by atoms with Crippen LogP contribution in [0.15, 0.2) is 0 Å². The molecule has 17 heavy (non-hydrogen) atoms. The minimum Gasteiger partial charge on any atom is -0.381 e. The van der Waals surface area contributed by atoms with Gasteiger partial charge in [-0.1, -0.05) is 13.8 Å². The van der Waals surface area contributed by atoms with Crippen molar-refractivity contribution in [2.75, 3.05) is 26.3 Å². The first-order valence-corrected chi connectivity index (χ1v) is 6.37. The lowest BCUT2D eigenvalue weighted by atomic mass is 9.80. The van der Waals surface area contributed by atoms with Crippen LogP contribution >= 0.6 is 0 Å². The smallest absolute Gasteiger partial charge is 0.243 e. The standard InChI is InChI=1S/C13H20N2O2/c1-10-7-15(8-11(10)2)12(16)13(9-14)3-5-17-6-4-13/h10-11H,3-8H2,1-2H3. The van der Waals surface area contributed by atoms with E-state index in [1.165, 1.54) is 0 Å². The third-order valence-electron chi connectivity index (χ3n) is 4.25. The van der Waals surface area contributed by atoms with Crippen molar-refractivity contribution in [3.8, 4) is 6.07 Å². The van der Waals surface area contributed by atoms with Crippen LogP contribution in [0.25, 0.3) is 0 Å². The highest BCUT2D eigenvalue weighted by atomic mass is 16.5. The molecule has 4 heteroatoms. The maximum Gasteiger partial charge on any atom is 0.243 e. The Morgan fingerprint density at radius 2 is 1.82 bits per heavy atom. The zero-order valence-corrected chi connectivity index (χ0v) is 10.6. The maximum absolute atomic E-state index is 12.5. The Bertz CT molecular complexity index is 332. The second-order valence-corrected chi connectivity index (χ2v) is 5.47. The van der Waals surface area contributed by atoms with Crippen LogP contribution in [0.4, 0.5) is 0 Å². The number of carbonyl (C=O) groups is 1. The van der Waals surface area contributed by atoms with Crippen molar-refractivity contribution in [3.63, 3.8) is 0 Å². The molecule has 0 aliphatic carbocycles. The Morgan fingerprint density at radius 1 is 1.29 bits per heavy atom. The third kappa shape index (κ3) is 2.16. The number of nitrogens with zero attached hydrogens (tertiary/aromatic N) is 2. The molecule has 2 saturated heterocycles. The first-order chi connectivity index (χ1) is 8.09. The lowest BCUT2D eigenvalue weighted by Gasteiger charge is -2.33. The molecular formula is C13H20N2O2. The molecule has 2 atom stereocenters. The van der Waals surface area contributed by atoms with E-state index in [0.717, 1.165) is 13.1 Å². The van der Waals surface area contributed by atoms with Gasteiger partial charge in [0.15, 0.2) is 0 Å². The van der Waals surface area contributed by atoms with Gasteiger partial charge in [-0.3, -0.25) is 4.79 Å². The Kier molecular flexibility index (Phi) is 3.39. The number of likely N-dealkylation sites (tertiary alicyclic amines) is 1. The van der Waals surface area contributed by atoms with E-state index in [4.69, 9.17) is 4.74 Å². The number of carbonyl (C=O) groups excluding carboxylic acids is 1. The fourth-order valence-electron chi connectivity index (χ4n) is 2.69. The molecule has 4 nitrogen and oxygen atoms in total. The van der Waals surface area contributed by atoms with Gasteiger partial charge < -0.3 is 9.64 Å². The fraction of sp³-hybridized carbons (Fsp3) is 0.846. The van der Waals surface area contributed by atoms with Crippen molar-refractivity contribution in [1.82, 2.24) is 4.90 Å². The molecule has 0 aromatic heterocycles. The lowest BCUT2D eigenvalue weighted by molar-refractivity contribution is -0.142. The molecular weight excluding hydrogens is 216 g/mol. The van der Waals surface area contributed by atoms with E-state index in [9.17, 15) is 10.1 Å². The Hall–Kier alpha value is -1.08. The molecule has 0 N–H and O–H groups in total. The minimum atomic E-state index is -0.817. The molecule has 0 radical (unpaired) electrons.